The average molecular weight is 633 g/mol. The van der Waals surface area contributed by atoms with E-state index in [1.807, 2.05) is 44.0 Å². The summed E-state index contributed by atoms with van der Waals surface area (Å²) in [5.74, 6) is -1.09. The number of benzene rings is 3. The largest absolute Gasteiger partial charge is 0.466 e. The van der Waals surface area contributed by atoms with Crippen LogP contribution in [0.5, 0.6) is 0 Å². The summed E-state index contributed by atoms with van der Waals surface area (Å²) in [6.07, 6.45) is 2.68. The van der Waals surface area contributed by atoms with Crippen molar-refractivity contribution >= 4 is 35.1 Å². The Hall–Kier alpha value is -3.58. The highest BCUT2D eigenvalue weighted by molar-refractivity contribution is 6.42. The summed E-state index contributed by atoms with van der Waals surface area (Å²) < 4.78 is 5.27. The fourth-order valence-corrected chi connectivity index (χ4v) is 7.07. The van der Waals surface area contributed by atoms with E-state index in [0.29, 0.717) is 52.9 Å². The molecule has 3 aromatic carbocycles. The second-order valence-electron chi connectivity index (χ2n) is 11.5. The Labute approximate surface area is 270 Å². The quantitative estimate of drug-likeness (QED) is 0.255. The Morgan fingerprint density at radius 3 is 2.02 bits per heavy atom. The third-order valence-electron chi connectivity index (χ3n) is 8.86. The monoisotopic (exact) mass is 631 g/mol. The van der Waals surface area contributed by atoms with Crippen LogP contribution in [-0.4, -0.2) is 42.1 Å². The number of piperidine rings is 1. The zero-order valence-corrected chi connectivity index (χ0v) is 27.2. The maximum absolute atomic E-state index is 14.2. The molecule has 44 heavy (non-hydrogen) atoms. The van der Waals surface area contributed by atoms with Crippen LogP contribution in [0.15, 0.2) is 102 Å². The molecule has 230 valence electrons. The van der Waals surface area contributed by atoms with E-state index >= 15 is 0 Å². The van der Waals surface area contributed by atoms with Gasteiger partial charge < -0.3 is 10.1 Å². The first kappa shape index (κ1) is 31.8. The third-order valence-corrected chi connectivity index (χ3v) is 9.60. The average Bonchev–Trinajstić information content (AvgIpc) is 3.04. The molecule has 0 aliphatic carbocycles. The highest BCUT2D eigenvalue weighted by Gasteiger charge is 2.44. The van der Waals surface area contributed by atoms with E-state index in [4.69, 9.17) is 27.9 Å². The van der Waals surface area contributed by atoms with E-state index < -0.39 is 11.9 Å². The molecule has 5 rings (SSSR count). The molecule has 0 radical (unpaired) electrons. The first-order chi connectivity index (χ1) is 21.2. The zero-order chi connectivity index (χ0) is 31.4. The maximum atomic E-state index is 14.2. The molecule has 1 N–H and O–H groups in total. The van der Waals surface area contributed by atoms with Gasteiger partial charge in [0.1, 0.15) is 0 Å². The maximum Gasteiger partial charge on any atom is 0.336 e. The van der Waals surface area contributed by atoms with Gasteiger partial charge in [-0.05, 0) is 61.9 Å². The van der Waals surface area contributed by atoms with Crippen LogP contribution in [0, 0.1) is 0 Å². The highest BCUT2D eigenvalue weighted by atomic mass is 35.5. The van der Waals surface area contributed by atoms with Crippen molar-refractivity contribution in [3.63, 3.8) is 0 Å². The summed E-state index contributed by atoms with van der Waals surface area (Å²) in [4.78, 5) is 27.5. The lowest BCUT2D eigenvalue weighted by molar-refractivity contribution is -0.148. The van der Waals surface area contributed by atoms with Gasteiger partial charge >= 0.3 is 5.97 Å². The number of methoxy groups -OCH3 is 1. The van der Waals surface area contributed by atoms with Gasteiger partial charge in [-0.25, -0.2) is 14.8 Å². The molecule has 3 aromatic rings. The molecule has 1 saturated heterocycles. The Morgan fingerprint density at radius 1 is 0.909 bits per heavy atom. The first-order valence-corrected chi connectivity index (χ1v) is 15.9. The van der Waals surface area contributed by atoms with Crippen molar-refractivity contribution in [1.29, 1.82) is 0 Å². The number of nitrogens with zero attached hydrogens (tertiary/aromatic N) is 2. The molecule has 1 fully saturated rings. The molecule has 6 nitrogen and oxygen atoms in total. The van der Waals surface area contributed by atoms with Crippen LogP contribution in [0.3, 0.4) is 0 Å². The van der Waals surface area contributed by atoms with E-state index in [9.17, 15) is 9.59 Å². The molecule has 1 atom stereocenters. The third kappa shape index (κ3) is 6.03. The number of rotatable bonds is 8. The summed E-state index contributed by atoms with van der Waals surface area (Å²) in [6.45, 7) is 7.08. The molecule has 2 aliphatic heterocycles. The Morgan fingerprint density at radius 2 is 1.50 bits per heavy atom. The molecule has 2 aliphatic rings. The summed E-state index contributed by atoms with van der Waals surface area (Å²) in [5, 5.41) is 8.16. The van der Waals surface area contributed by atoms with Gasteiger partial charge in [-0.15, -0.1) is 0 Å². The molecule has 1 amide bonds. The number of amides is 1. The van der Waals surface area contributed by atoms with E-state index in [1.165, 1.54) is 18.2 Å². The molecular formula is C36H39Cl2N3O3. The summed E-state index contributed by atoms with van der Waals surface area (Å²) in [5.41, 5.74) is 5.69. The summed E-state index contributed by atoms with van der Waals surface area (Å²) in [6, 6.07) is 26.7. The number of hydrazine groups is 1. The van der Waals surface area contributed by atoms with Gasteiger partial charge in [-0.3, -0.25) is 4.79 Å². The van der Waals surface area contributed by atoms with E-state index in [-0.39, 0.29) is 11.3 Å². The lowest BCUT2D eigenvalue weighted by Gasteiger charge is -2.48. The SMILES string of the molecule is CCCC(=O)N(C1=C(C)NC(C)=C(C(=O)OC)C1c1ccc(Cl)c(Cl)c1)N1CCC(c2ccccc2)(c2ccccc2)CC1. The number of allylic oxidation sites excluding steroid dienone is 3. The fraction of sp³-hybridized carbons (Fsp3) is 0.333. The molecule has 2 heterocycles. The smallest absolute Gasteiger partial charge is 0.336 e. The Kier molecular flexibility index (Phi) is 9.84. The van der Waals surface area contributed by atoms with Gasteiger partial charge in [-0.2, -0.15) is 0 Å². The molecule has 0 aromatic heterocycles. The van der Waals surface area contributed by atoms with Gasteiger partial charge in [0, 0.05) is 36.3 Å². The number of dihydropyridines is 1. The van der Waals surface area contributed by atoms with Crippen LogP contribution in [0.1, 0.15) is 69.1 Å². The van der Waals surface area contributed by atoms with Crippen molar-refractivity contribution in [2.24, 2.45) is 0 Å². The molecule has 0 saturated carbocycles. The minimum absolute atomic E-state index is 0.0237. The minimum atomic E-state index is -0.603. The number of hydrogen-bond acceptors (Lipinski definition) is 5. The van der Waals surface area contributed by atoms with Crippen molar-refractivity contribution in [2.45, 2.75) is 57.8 Å². The van der Waals surface area contributed by atoms with Crippen LogP contribution in [0.2, 0.25) is 10.0 Å². The van der Waals surface area contributed by atoms with Gasteiger partial charge in [0.25, 0.3) is 0 Å². The van der Waals surface area contributed by atoms with Gasteiger partial charge in [0.15, 0.2) is 0 Å². The standard InChI is InChI=1S/C36H39Cl2N3O3/c1-5-12-31(42)41(40-21-19-36(20-22-40,27-13-8-6-9-14-27)28-15-10-7-11-16-28)34-25(3)39-24(2)32(35(43)44-4)33(34)26-17-18-29(37)30(38)23-26/h6-11,13-18,23,33,39H,5,12,19-22H2,1-4H3. The zero-order valence-electron chi connectivity index (χ0n) is 25.7. The minimum Gasteiger partial charge on any atom is -0.466 e. The van der Waals surface area contributed by atoms with Crippen molar-refractivity contribution in [3.8, 4) is 0 Å². The fourth-order valence-electron chi connectivity index (χ4n) is 6.76. The number of nitrogens with one attached hydrogen (secondary N) is 1. The predicted molar refractivity (Wildman–Crippen MR) is 176 cm³/mol. The molecule has 0 bridgehead atoms. The van der Waals surface area contributed by atoms with Crippen molar-refractivity contribution < 1.29 is 14.3 Å². The van der Waals surface area contributed by atoms with Crippen LogP contribution < -0.4 is 5.32 Å². The predicted octanol–water partition coefficient (Wildman–Crippen LogP) is 7.98. The van der Waals surface area contributed by atoms with Crippen molar-refractivity contribution in [3.05, 3.63) is 128 Å². The molecule has 8 heteroatoms. The van der Waals surface area contributed by atoms with Gasteiger partial charge in [0.05, 0.1) is 34.3 Å². The Balaban J connectivity index is 1.60. The molecular weight excluding hydrogens is 593 g/mol. The Bertz CT molecular complexity index is 1540. The van der Waals surface area contributed by atoms with Crippen molar-refractivity contribution in [1.82, 2.24) is 15.3 Å². The normalized spacial score (nSPS) is 18.5. The summed E-state index contributed by atoms with van der Waals surface area (Å²) in [7, 11) is 1.37. The van der Waals surface area contributed by atoms with Crippen LogP contribution in [0.4, 0.5) is 0 Å². The molecule has 0 spiro atoms. The first-order valence-electron chi connectivity index (χ1n) is 15.1. The van der Waals surface area contributed by atoms with Gasteiger partial charge in [0.2, 0.25) is 5.91 Å². The number of carbonyl (C=O) groups excluding carboxylic acids is 2. The van der Waals surface area contributed by atoms with E-state index in [0.717, 1.165) is 24.1 Å². The molecule has 1 unspecified atom stereocenters. The number of ether oxygens (including phenoxy) is 1. The number of carbonyl (C=O) groups is 2. The lowest BCUT2D eigenvalue weighted by atomic mass is 9.68. The van der Waals surface area contributed by atoms with Gasteiger partial charge in [-0.1, -0.05) is 96.9 Å². The highest BCUT2D eigenvalue weighted by Crippen LogP contribution is 2.46. The topological polar surface area (TPSA) is 61.9 Å². The van der Waals surface area contributed by atoms with E-state index in [2.05, 4.69) is 58.9 Å². The van der Waals surface area contributed by atoms with Crippen LogP contribution in [-0.2, 0) is 19.7 Å². The summed E-state index contributed by atoms with van der Waals surface area (Å²) >= 11 is 12.8. The lowest BCUT2D eigenvalue weighted by Crippen LogP contribution is -2.54. The number of esters is 1. The number of halogens is 2. The van der Waals surface area contributed by atoms with E-state index in [1.54, 1.807) is 12.1 Å². The second kappa shape index (κ2) is 13.6. The van der Waals surface area contributed by atoms with Crippen molar-refractivity contribution in [2.75, 3.05) is 20.2 Å². The number of hydrogen-bond donors (Lipinski definition) is 1. The van der Waals surface area contributed by atoms with Crippen LogP contribution in [0.25, 0.3) is 0 Å². The second-order valence-corrected chi connectivity index (χ2v) is 12.3. The van der Waals surface area contributed by atoms with Crippen LogP contribution >= 0.6 is 23.2 Å².